The molecule has 0 amide bonds. The van der Waals surface area contributed by atoms with Crippen LogP contribution in [0.15, 0.2) is 47.5 Å². The van der Waals surface area contributed by atoms with Gasteiger partial charge in [-0.15, -0.1) is 24.0 Å². The van der Waals surface area contributed by atoms with Crippen LogP contribution in [0.25, 0.3) is 0 Å². The van der Waals surface area contributed by atoms with Crippen LogP contribution in [0, 0.1) is 12.7 Å². The van der Waals surface area contributed by atoms with Crippen molar-refractivity contribution in [2.75, 3.05) is 40.5 Å². The number of hydrogen-bond donors (Lipinski definition) is 2. The summed E-state index contributed by atoms with van der Waals surface area (Å²) in [4.78, 5) is 4.37. The van der Waals surface area contributed by atoms with Crippen molar-refractivity contribution in [2.24, 2.45) is 4.99 Å². The standard InChI is InChI=1S/C24H32FN3O2.HI/c1-18-4-9-22(29-3)21(16-18)24(11-14-30-15-12-24)17-28-23(26-2)27-13-10-19-5-7-20(25)8-6-19;/h4-9,16H,10-15,17H2,1-3H3,(H2,26,27,28);1H. The van der Waals surface area contributed by atoms with Gasteiger partial charge in [-0.2, -0.15) is 0 Å². The Morgan fingerprint density at radius 1 is 1.13 bits per heavy atom. The van der Waals surface area contributed by atoms with Gasteiger partial charge >= 0.3 is 0 Å². The molecule has 1 fully saturated rings. The molecule has 1 saturated heterocycles. The zero-order valence-electron chi connectivity index (χ0n) is 18.5. The van der Waals surface area contributed by atoms with E-state index in [1.165, 1.54) is 23.3 Å². The van der Waals surface area contributed by atoms with Crippen LogP contribution in [-0.4, -0.2) is 46.4 Å². The highest BCUT2D eigenvalue weighted by Gasteiger charge is 2.37. The molecule has 1 aliphatic rings. The molecule has 0 saturated carbocycles. The molecule has 3 rings (SSSR count). The number of aliphatic imine (C=N–C) groups is 1. The molecule has 5 nitrogen and oxygen atoms in total. The molecule has 2 N–H and O–H groups in total. The highest BCUT2D eigenvalue weighted by Crippen LogP contribution is 2.40. The van der Waals surface area contributed by atoms with Crippen molar-refractivity contribution in [3.8, 4) is 5.75 Å². The van der Waals surface area contributed by atoms with Gasteiger partial charge in [-0.3, -0.25) is 4.99 Å². The van der Waals surface area contributed by atoms with Crippen molar-refractivity contribution >= 4 is 29.9 Å². The van der Waals surface area contributed by atoms with Crippen LogP contribution >= 0.6 is 24.0 Å². The molecule has 31 heavy (non-hydrogen) atoms. The first-order valence-electron chi connectivity index (χ1n) is 10.5. The number of halogens is 2. The van der Waals surface area contributed by atoms with Crippen LogP contribution < -0.4 is 15.4 Å². The van der Waals surface area contributed by atoms with Crippen LogP contribution in [0.1, 0.15) is 29.5 Å². The molecule has 170 valence electrons. The van der Waals surface area contributed by atoms with E-state index >= 15 is 0 Å². The summed E-state index contributed by atoms with van der Waals surface area (Å²) in [5.74, 6) is 1.47. The Morgan fingerprint density at radius 2 is 1.84 bits per heavy atom. The fourth-order valence-electron chi connectivity index (χ4n) is 3.99. The number of nitrogens with one attached hydrogen (secondary N) is 2. The second-order valence-electron chi connectivity index (χ2n) is 7.83. The topological polar surface area (TPSA) is 54.9 Å². The van der Waals surface area contributed by atoms with Crippen molar-refractivity contribution in [3.05, 3.63) is 65.0 Å². The van der Waals surface area contributed by atoms with E-state index in [9.17, 15) is 4.39 Å². The van der Waals surface area contributed by atoms with Gasteiger partial charge in [0, 0.05) is 44.3 Å². The summed E-state index contributed by atoms with van der Waals surface area (Å²) in [6, 6.07) is 13.0. The van der Waals surface area contributed by atoms with Gasteiger partial charge < -0.3 is 20.1 Å². The van der Waals surface area contributed by atoms with Crippen LogP contribution in [0.4, 0.5) is 4.39 Å². The Hall–Kier alpha value is -1.87. The normalized spacial score (nSPS) is 15.7. The maximum atomic E-state index is 13.1. The molecule has 1 heterocycles. The van der Waals surface area contributed by atoms with Crippen LogP contribution in [0.2, 0.25) is 0 Å². The van der Waals surface area contributed by atoms with Gasteiger partial charge in [-0.25, -0.2) is 4.39 Å². The molecular weight excluding hydrogens is 508 g/mol. The van der Waals surface area contributed by atoms with E-state index in [0.29, 0.717) is 0 Å². The summed E-state index contributed by atoms with van der Waals surface area (Å²) in [5, 5.41) is 6.88. The lowest BCUT2D eigenvalue weighted by Crippen LogP contribution is -2.48. The van der Waals surface area contributed by atoms with E-state index in [2.05, 4.69) is 40.7 Å². The molecule has 0 radical (unpaired) electrons. The van der Waals surface area contributed by atoms with Gasteiger partial charge in [-0.1, -0.05) is 29.8 Å². The Labute approximate surface area is 201 Å². The minimum Gasteiger partial charge on any atom is -0.496 e. The number of methoxy groups -OCH3 is 1. The van der Waals surface area contributed by atoms with Crippen molar-refractivity contribution < 1.29 is 13.9 Å². The third-order valence-electron chi connectivity index (χ3n) is 5.81. The third kappa shape index (κ3) is 6.80. The van der Waals surface area contributed by atoms with Gasteiger partial charge in [-0.05, 0) is 49.9 Å². The fourth-order valence-corrected chi connectivity index (χ4v) is 3.99. The quantitative estimate of drug-likeness (QED) is 0.313. The molecule has 0 aromatic heterocycles. The number of nitrogens with zero attached hydrogens (tertiary/aromatic N) is 1. The molecule has 0 spiro atoms. The average molecular weight is 541 g/mol. The molecule has 0 atom stereocenters. The van der Waals surface area contributed by atoms with Gasteiger partial charge in [0.1, 0.15) is 11.6 Å². The zero-order valence-corrected chi connectivity index (χ0v) is 20.9. The first kappa shape index (κ1) is 25.4. The van der Waals surface area contributed by atoms with Crippen LogP contribution in [0.5, 0.6) is 5.75 Å². The Balaban J connectivity index is 0.00000341. The smallest absolute Gasteiger partial charge is 0.191 e. The van der Waals surface area contributed by atoms with Crippen molar-refractivity contribution in [3.63, 3.8) is 0 Å². The Bertz CT molecular complexity index is 852. The molecule has 7 heteroatoms. The molecule has 2 aromatic rings. The number of ether oxygens (including phenoxy) is 2. The Morgan fingerprint density at radius 3 is 2.48 bits per heavy atom. The van der Waals surface area contributed by atoms with Crippen LogP contribution in [-0.2, 0) is 16.6 Å². The van der Waals surface area contributed by atoms with E-state index in [1.807, 2.05) is 12.1 Å². The third-order valence-corrected chi connectivity index (χ3v) is 5.81. The van der Waals surface area contributed by atoms with Gasteiger partial charge in [0.15, 0.2) is 5.96 Å². The van der Waals surface area contributed by atoms with E-state index in [1.54, 1.807) is 14.2 Å². The zero-order chi connectivity index (χ0) is 21.4. The number of benzene rings is 2. The minimum absolute atomic E-state index is 0. The minimum atomic E-state index is -0.211. The maximum Gasteiger partial charge on any atom is 0.191 e. The number of hydrogen-bond acceptors (Lipinski definition) is 3. The molecule has 0 bridgehead atoms. The predicted molar refractivity (Wildman–Crippen MR) is 134 cm³/mol. The average Bonchev–Trinajstić information content (AvgIpc) is 2.78. The second kappa shape index (κ2) is 12.2. The number of guanidine groups is 1. The monoisotopic (exact) mass is 541 g/mol. The molecular formula is C24H33FIN3O2. The predicted octanol–water partition coefficient (Wildman–Crippen LogP) is 4.22. The SMILES string of the molecule is CN=C(NCCc1ccc(F)cc1)NCC1(c2cc(C)ccc2OC)CCOCC1.I. The lowest BCUT2D eigenvalue weighted by atomic mass is 9.73. The largest absolute Gasteiger partial charge is 0.496 e. The maximum absolute atomic E-state index is 13.1. The van der Waals surface area contributed by atoms with E-state index in [4.69, 9.17) is 9.47 Å². The first-order valence-corrected chi connectivity index (χ1v) is 10.5. The van der Waals surface area contributed by atoms with Gasteiger partial charge in [0.05, 0.1) is 7.11 Å². The number of aryl methyl sites for hydroxylation is 1. The lowest BCUT2D eigenvalue weighted by Gasteiger charge is -2.39. The highest BCUT2D eigenvalue weighted by molar-refractivity contribution is 14.0. The van der Waals surface area contributed by atoms with E-state index < -0.39 is 0 Å². The summed E-state index contributed by atoms with van der Waals surface area (Å²) in [5.41, 5.74) is 3.45. The second-order valence-corrected chi connectivity index (χ2v) is 7.83. The van der Waals surface area contributed by atoms with Crippen molar-refractivity contribution in [1.29, 1.82) is 0 Å². The molecule has 1 aliphatic heterocycles. The summed E-state index contributed by atoms with van der Waals surface area (Å²) in [6.07, 6.45) is 2.64. The Kier molecular flexibility index (Phi) is 10.0. The summed E-state index contributed by atoms with van der Waals surface area (Å²) < 4.78 is 24.4. The summed E-state index contributed by atoms with van der Waals surface area (Å²) in [6.45, 7) is 5.03. The highest BCUT2D eigenvalue weighted by atomic mass is 127. The molecule has 2 aromatic carbocycles. The summed E-state index contributed by atoms with van der Waals surface area (Å²) in [7, 11) is 3.50. The molecule has 0 aliphatic carbocycles. The fraction of sp³-hybridized carbons (Fsp3) is 0.458. The van der Waals surface area contributed by atoms with E-state index in [0.717, 1.165) is 62.8 Å². The molecule has 0 unspecified atom stereocenters. The van der Waals surface area contributed by atoms with Gasteiger partial charge in [0.25, 0.3) is 0 Å². The first-order chi connectivity index (χ1) is 14.6. The van der Waals surface area contributed by atoms with Crippen LogP contribution in [0.3, 0.4) is 0 Å². The number of rotatable bonds is 7. The van der Waals surface area contributed by atoms with Gasteiger partial charge in [0.2, 0.25) is 0 Å². The van der Waals surface area contributed by atoms with E-state index in [-0.39, 0.29) is 35.2 Å². The van der Waals surface area contributed by atoms with Crippen molar-refractivity contribution in [1.82, 2.24) is 10.6 Å². The summed E-state index contributed by atoms with van der Waals surface area (Å²) >= 11 is 0. The van der Waals surface area contributed by atoms with Crippen molar-refractivity contribution in [2.45, 2.75) is 31.6 Å². The lowest BCUT2D eigenvalue weighted by molar-refractivity contribution is 0.0505.